The number of carbonyl (C=O) groups is 1. The first-order chi connectivity index (χ1) is 12.7. The van der Waals surface area contributed by atoms with Crippen molar-refractivity contribution in [1.29, 1.82) is 0 Å². The van der Waals surface area contributed by atoms with Crippen LogP contribution in [0.15, 0.2) is 67.0 Å². The number of likely N-dealkylation sites (tertiary alicyclic amines) is 1. The number of nitrogens with zero attached hydrogens (tertiary/aromatic N) is 3. The van der Waals surface area contributed by atoms with E-state index in [9.17, 15) is 4.79 Å². The molecule has 1 saturated heterocycles. The molecule has 3 aromatic rings. The minimum Gasteiger partial charge on any atom is -0.472 e. The zero-order valence-corrected chi connectivity index (χ0v) is 14.7. The molecule has 1 amide bonds. The number of carbonyl (C=O) groups excluding carboxylic acids is 1. The SMILES string of the molecule is Cc1cccc(OC2CCN(C(=O)c3ccc(-n4cccc4)cc3)C2)n1. The first-order valence-electron chi connectivity index (χ1n) is 8.82. The lowest BCUT2D eigenvalue weighted by atomic mass is 10.2. The van der Waals surface area contributed by atoms with Gasteiger partial charge in [0.25, 0.3) is 5.91 Å². The van der Waals surface area contributed by atoms with Crippen LogP contribution in [0.4, 0.5) is 0 Å². The predicted octanol–water partition coefficient (Wildman–Crippen LogP) is 3.47. The Bertz CT molecular complexity index is 888. The van der Waals surface area contributed by atoms with Crippen LogP contribution in [-0.4, -0.2) is 39.6 Å². The van der Waals surface area contributed by atoms with Crippen LogP contribution in [0.1, 0.15) is 22.5 Å². The molecule has 1 aromatic carbocycles. The van der Waals surface area contributed by atoms with Gasteiger partial charge in [0.2, 0.25) is 5.88 Å². The van der Waals surface area contributed by atoms with Crippen molar-refractivity contribution in [1.82, 2.24) is 14.5 Å². The number of pyridine rings is 1. The monoisotopic (exact) mass is 347 g/mol. The molecule has 0 radical (unpaired) electrons. The fourth-order valence-corrected chi connectivity index (χ4v) is 3.23. The molecule has 26 heavy (non-hydrogen) atoms. The van der Waals surface area contributed by atoms with Crippen LogP contribution in [-0.2, 0) is 0 Å². The Hall–Kier alpha value is -3.08. The second kappa shape index (κ2) is 7.04. The van der Waals surface area contributed by atoms with E-state index in [1.54, 1.807) is 0 Å². The quantitative estimate of drug-likeness (QED) is 0.726. The van der Waals surface area contributed by atoms with Gasteiger partial charge in [0.1, 0.15) is 6.10 Å². The Morgan fingerprint density at radius 1 is 1.08 bits per heavy atom. The molecule has 1 fully saturated rings. The highest BCUT2D eigenvalue weighted by molar-refractivity contribution is 5.94. The van der Waals surface area contributed by atoms with Crippen LogP contribution in [0.2, 0.25) is 0 Å². The highest BCUT2D eigenvalue weighted by atomic mass is 16.5. The van der Waals surface area contributed by atoms with Crippen LogP contribution >= 0.6 is 0 Å². The highest BCUT2D eigenvalue weighted by Gasteiger charge is 2.28. The zero-order chi connectivity index (χ0) is 17.9. The molecule has 132 valence electrons. The van der Waals surface area contributed by atoms with E-state index in [4.69, 9.17) is 4.74 Å². The van der Waals surface area contributed by atoms with Gasteiger partial charge in [-0.3, -0.25) is 4.79 Å². The van der Waals surface area contributed by atoms with Crippen molar-refractivity contribution in [3.05, 3.63) is 78.2 Å². The molecule has 3 heterocycles. The molecular formula is C21H21N3O2. The van der Waals surface area contributed by atoms with Gasteiger partial charge in [-0.1, -0.05) is 6.07 Å². The second-order valence-corrected chi connectivity index (χ2v) is 6.53. The van der Waals surface area contributed by atoms with Crippen LogP contribution in [0.3, 0.4) is 0 Å². The van der Waals surface area contributed by atoms with E-state index in [1.807, 2.05) is 83.4 Å². The number of ether oxygens (including phenoxy) is 1. The summed E-state index contributed by atoms with van der Waals surface area (Å²) in [6.45, 7) is 3.23. The molecule has 2 aromatic heterocycles. The topological polar surface area (TPSA) is 47.4 Å². The summed E-state index contributed by atoms with van der Waals surface area (Å²) in [6.07, 6.45) is 4.78. The summed E-state index contributed by atoms with van der Waals surface area (Å²) in [5.41, 5.74) is 2.67. The van der Waals surface area contributed by atoms with Crippen LogP contribution < -0.4 is 4.74 Å². The summed E-state index contributed by atoms with van der Waals surface area (Å²) in [6, 6.07) is 17.4. The van der Waals surface area contributed by atoms with Gasteiger partial charge in [0, 0.05) is 48.4 Å². The average Bonchev–Trinajstić information content (AvgIpc) is 3.33. The Morgan fingerprint density at radius 3 is 2.58 bits per heavy atom. The summed E-state index contributed by atoms with van der Waals surface area (Å²) >= 11 is 0. The predicted molar refractivity (Wildman–Crippen MR) is 99.7 cm³/mol. The van der Waals surface area contributed by atoms with E-state index in [2.05, 4.69) is 4.98 Å². The third kappa shape index (κ3) is 3.47. The van der Waals surface area contributed by atoms with Crippen molar-refractivity contribution in [2.45, 2.75) is 19.4 Å². The second-order valence-electron chi connectivity index (χ2n) is 6.53. The molecule has 0 aliphatic carbocycles. The van der Waals surface area contributed by atoms with Gasteiger partial charge in [0.05, 0.1) is 6.54 Å². The van der Waals surface area contributed by atoms with Crippen molar-refractivity contribution in [3.8, 4) is 11.6 Å². The number of aryl methyl sites for hydroxylation is 1. The van der Waals surface area contributed by atoms with E-state index in [-0.39, 0.29) is 12.0 Å². The minimum absolute atomic E-state index is 0.00704. The van der Waals surface area contributed by atoms with Gasteiger partial charge in [-0.05, 0) is 49.4 Å². The molecule has 1 aliphatic rings. The highest BCUT2D eigenvalue weighted by Crippen LogP contribution is 2.19. The van der Waals surface area contributed by atoms with Gasteiger partial charge in [-0.25, -0.2) is 4.98 Å². The molecule has 1 atom stereocenters. The maximum absolute atomic E-state index is 12.7. The van der Waals surface area contributed by atoms with E-state index in [0.29, 0.717) is 24.5 Å². The number of hydrogen-bond acceptors (Lipinski definition) is 3. The number of aromatic nitrogens is 2. The molecular weight excluding hydrogens is 326 g/mol. The third-order valence-corrected chi connectivity index (χ3v) is 4.60. The normalized spacial score (nSPS) is 16.7. The lowest BCUT2D eigenvalue weighted by Crippen LogP contribution is -2.31. The average molecular weight is 347 g/mol. The van der Waals surface area contributed by atoms with Gasteiger partial charge in [-0.15, -0.1) is 0 Å². The zero-order valence-electron chi connectivity index (χ0n) is 14.7. The molecule has 0 bridgehead atoms. The van der Waals surface area contributed by atoms with E-state index in [1.165, 1.54) is 0 Å². The minimum atomic E-state index is -0.00704. The van der Waals surface area contributed by atoms with Gasteiger partial charge >= 0.3 is 0 Å². The molecule has 0 spiro atoms. The molecule has 5 nitrogen and oxygen atoms in total. The lowest BCUT2D eigenvalue weighted by molar-refractivity contribution is 0.0771. The third-order valence-electron chi connectivity index (χ3n) is 4.60. The summed E-state index contributed by atoms with van der Waals surface area (Å²) < 4.78 is 7.95. The molecule has 0 N–H and O–H groups in total. The van der Waals surface area contributed by atoms with E-state index < -0.39 is 0 Å². The summed E-state index contributed by atoms with van der Waals surface area (Å²) in [4.78, 5) is 19.0. The van der Waals surface area contributed by atoms with Gasteiger partial charge in [0.15, 0.2) is 0 Å². The number of amides is 1. The summed E-state index contributed by atoms with van der Waals surface area (Å²) in [7, 11) is 0. The molecule has 5 heteroatoms. The Morgan fingerprint density at radius 2 is 1.85 bits per heavy atom. The van der Waals surface area contributed by atoms with Crippen molar-refractivity contribution in [3.63, 3.8) is 0 Å². The van der Waals surface area contributed by atoms with Gasteiger partial charge in [-0.2, -0.15) is 0 Å². The summed E-state index contributed by atoms with van der Waals surface area (Å²) in [5, 5.41) is 0. The number of hydrogen-bond donors (Lipinski definition) is 0. The maximum atomic E-state index is 12.7. The Balaban J connectivity index is 1.39. The molecule has 4 rings (SSSR count). The first kappa shape index (κ1) is 16.4. The smallest absolute Gasteiger partial charge is 0.253 e. The van der Waals surface area contributed by atoms with Crippen molar-refractivity contribution >= 4 is 5.91 Å². The standard InChI is InChI=1S/C21H21N3O2/c1-16-5-4-6-20(22-16)26-19-11-14-24(15-19)21(25)17-7-9-18(10-8-17)23-12-2-3-13-23/h2-10,12-13,19H,11,14-15H2,1H3. The van der Waals surface area contributed by atoms with Crippen LogP contribution in [0.25, 0.3) is 5.69 Å². The Labute approximate surface area is 152 Å². The van der Waals surface area contributed by atoms with Crippen molar-refractivity contribution in [2.75, 3.05) is 13.1 Å². The van der Waals surface area contributed by atoms with E-state index in [0.717, 1.165) is 17.8 Å². The van der Waals surface area contributed by atoms with Crippen molar-refractivity contribution in [2.24, 2.45) is 0 Å². The maximum Gasteiger partial charge on any atom is 0.253 e. The fraction of sp³-hybridized carbons (Fsp3) is 0.238. The van der Waals surface area contributed by atoms with Crippen molar-refractivity contribution < 1.29 is 9.53 Å². The van der Waals surface area contributed by atoms with Gasteiger partial charge < -0.3 is 14.2 Å². The number of rotatable bonds is 4. The number of benzene rings is 1. The first-order valence-corrected chi connectivity index (χ1v) is 8.82. The molecule has 1 unspecified atom stereocenters. The Kier molecular flexibility index (Phi) is 4.44. The van der Waals surface area contributed by atoms with Crippen LogP contribution in [0.5, 0.6) is 5.88 Å². The molecule has 1 aliphatic heterocycles. The van der Waals surface area contributed by atoms with Crippen LogP contribution in [0, 0.1) is 6.92 Å². The lowest BCUT2D eigenvalue weighted by Gasteiger charge is -2.17. The largest absolute Gasteiger partial charge is 0.472 e. The fourth-order valence-electron chi connectivity index (χ4n) is 3.23. The summed E-state index contributed by atoms with van der Waals surface area (Å²) in [5.74, 6) is 0.674. The van der Waals surface area contributed by atoms with E-state index >= 15 is 0 Å². The molecule has 0 saturated carbocycles.